The summed E-state index contributed by atoms with van der Waals surface area (Å²) in [6.45, 7) is 4.80. The second-order valence-electron chi connectivity index (χ2n) is 7.87. The summed E-state index contributed by atoms with van der Waals surface area (Å²) in [5, 5.41) is 20.2. The number of aryl methyl sites for hydroxylation is 1. The van der Waals surface area contributed by atoms with Crippen LogP contribution in [0.1, 0.15) is 41.5 Å². The number of carbonyl (C=O) groups is 1. The SMILES string of the molecule is Cc1ccc(-n2nccn2)c(C(=O)N2CCC[C@@H](C)[C@H]2CNc2ncc(C#N)cc2F)n1. The number of amides is 1. The third-order valence-electron chi connectivity index (χ3n) is 5.68. The second-order valence-corrected chi connectivity index (χ2v) is 7.87. The number of hydrogen-bond donors (Lipinski definition) is 1. The molecule has 2 atom stereocenters. The van der Waals surface area contributed by atoms with Gasteiger partial charge in [0.1, 0.15) is 11.8 Å². The van der Waals surface area contributed by atoms with Crippen LogP contribution in [0, 0.1) is 30.0 Å². The zero-order valence-corrected chi connectivity index (χ0v) is 17.9. The number of anilines is 1. The summed E-state index contributed by atoms with van der Waals surface area (Å²) < 4.78 is 14.3. The van der Waals surface area contributed by atoms with Crippen molar-refractivity contribution in [2.24, 2.45) is 5.92 Å². The van der Waals surface area contributed by atoms with Gasteiger partial charge in [0.05, 0.1) is 24.0 Å². The first-order valence-electron chi connectivity index (χ1n) is 10.4. The average molecular weight is 434 g/mol. The lowest BCUT2D eigenvalue weighted by Gasteiger charge is -2.40. The molecule has 3 aromatic rings. The first-order chi connectivity index (χ1) is 15.5. The highest BCUT2D eigenvalue weighted by atomic mass is 19.1. The Kier molecular flexibility index (Phi) is 6.07. The summed E-state index contributed by atoms with van der Waals surface area (Å²) in [6, 6.07) is 6.42. The molecule has 10 heteroatoms. The van der Waals surface area contributed by atoms with Crippen LogP contribution in [-0.2, 0) is 0 Å². The molecule has 0 aliphatic carbocycles. The topological polar surface area (TPSA) is 113 Å². The van der Waals surface area contributed by atoms with Gasteiger partial charge in [0, 0.05) is 25.0 Å². The van der Waals surface area contributed by atoms with Crippen LogP contribution in [0.25, 0.3) is 5.69 Å². The number of rotatable bonds is 5. The van der Waals surface area contributed by atoms with Gasteiger partial charge in [-0.05, 0) is 43.9 Å². The fourth-order valence-electron chi connectivity index (χ4n) is 3.99. The number of nitrogens with zero attached hydrogens (tertiary/aromatic N) is 7. The molecule has 164 valence electrons. The number of halogens is 1. The van der Waals surface area contributed by atoms with Gasteiger partial charge in [-0.1, -0.05) is 6.92 Å². The Morgan fingerprint density at radius 1 is 1.34 bits per heavy atom. The van der Waals surface area contributed by atoms with E-state index in [1.54, 1.807) is 23.4 Å². The molecule has 0 radical (unpaired) electrons. The molecule has 0 unspecified atom stereocenters. The van der Waals surface area contributed by atoms with Crippen LogP contribution in [-0.4, -0.2) is 54.9 Å². The average Bonchev–Trinajstić information content (AvgIpc) is 3.33. The van der Waals surface area contributed by atoms with Gasteiger partial charge >= 0.3 is 0 Å². The monoisotopic (exact) mass is 434 g/mol. The molecule has 0 saturated carbocycles. The van der Waals surface area contributed by atoms with E-state index in [1.807, 2.05) is 19.1 Å². The Bertz CT molecular complexity index is 1160. The van der Waals surface area contributed by atoms with E-state index in [1.165, 1.54) is 11.0 Å². The molecule has 3 aromatic heterocycles. The summed E-state index contributed by atoms with van der Waals surface area (Å²) in [5.74, 6) is -0.563. The van der Waals surface area contributed by atoms with Gasteiger partial charge in [0.15, 0.2) is 17.3 Å². The van der Waals surface area contributed by atoms with Crippen molar-refractivity contribution in [1.29, 1.82) is 5.26 Å². The predicted octanol–water partition coefficient (Wildman–Crippen LogP) is 2.73. The fourth-order valence-corrected chi connectivity index (χ4v) is 3.99. The highest BCUT2D eigenvalue weighted by Gasteiger charge is 2.34. The van der Waals surface area contributed by atoms with Gasteiger partial charge in [0.25, 0.3) is 5.91 Å². The first-order valence-corrected chi connectivity index (χ1v) is 10.4. The maximum atomic E-state index is 14.3. The van der Waals surface area contributed by atoms with E-state index in [4.69, 9.17) is 5.26 Å². The minimum Gasteiger partial charge on any atom is -0.366 e. The highest BCUT2D eigenvalue weighted by Crippen LogP contribution is 2.27. The van der Waals surface area contributed by atoms with E-state index in [-0.39, 0.29) is 34.9 Å². The van der Waals surface area contributed by atoms with Gasteiger partial charge in [-0.2, -0.15) is 15.5 Å². The summed E-state index contributed by atoms with van der Waals surface area (Å²) >= 11 is 0. The van der Waals surface area contributed by atoms with E-state index in [0.29, 0.717) is 24.5 Å². The van der Waals surface area contributed by atoms with E-state index < -0.39 is 5.82 Å². The van der Waals surface area contributed by atoms with Crippen LogP contribution in [0.4, 0.5) is 10.2 Å². The number of likely N-dealkylation sites (tertiary alicyclic amines) is 1. The van der Waals surface area contributed by atoms with Crippen LogP contribution < -0.4 is 5.32 Å². The van der Waals surface area contributed by atoms with Crippen molar-refractivity contribution >= 4 is 11.7 Å². The molecular formula is C22H23FN8O. The minimum absolute atomic E-state index is 0.0595. The van der Waals surface area contributed by atoms with Crippen molar-refractivity contribution in [2.75, 3.05) is 18.4 Å². The zero-order chi connectivity index (χ0) is 22.7. The molecule has 32 heavy (non-hydrogen) atoms. The number of piperidine rings is 1. The highest BCUT2D eigenvalue weighted by molar-refractivity contribution is 5.96. The normalized spacial score (nSPS) is 18.2. The van der Waals surface area contributed by atoms with E-state index in [2.05, 4.69) is 32.4 Å². The van der Waals surface area contributed by atoms with Crippen molar-refractivity contribution < 1.29 is 9.18 Å². The van der Waals surface area contributed by atoms with Gasteiger partial charge in [-0.25, -0.2) is 14.4 Å². The number of hydrogen-bond acceptors (Lipinski definition) is 7. The van der Waals surface area contributed by atoms with Gasteiger partial charge in [-0.3, -0.25) is 4.79 Å². The van der Waals surface area contributed by atoms with Gasteiger partial charge in [-0.15, -0.1) is 4.80 Å². The van der Waals surface area contributed by atoms with Crippen LogP contribution in [0.5, 0.6) is 0 Å². The molecule has 4 rings (SSSR count). The number of carbonyl (C=O) groups excluding carboxylic acids is 1. The molecule has 1 aliphatic rings. The van der Waals surface area contributed by atoms with Crippen molar-refractivity contribution in [3.05, 3.63) is 59.6 Å². The third-order valence-corrected chi connectivity index (χ3v) is 5.68. The molecule has 0 bridgehead atoms. The Morgan fingerprint density at radius 3 is 2.84 bits per heavy atom. The first kappa shape index (κ1) is 21.4. The van der Waals surface area contributed by atoms with E-state index >= 15 is 0 Å². The molecule has 0 spiro atoms. The maximum absolute atomic E-state index is 14.3. The van der Waals surface area contributed by atoms with Gasteiger partial charge < -0.3 is 10.2 Å². The summed E-state index contributed by atoms with van der Waals surface area (Å²) in [4.78, 5) is 25.3. The summed E-state index contributed by atoms with van der Waals surface area (Å²) in [6.07, 6.45) is 6.23. The molecule has 1 saturated heterocycles. The quantitative estimate of drug-likeness (QED) is 0.657. The largest absolute Gasteiger partial charge is 0.366 e. The standard InChI is InChI=1S/C22H23FN8O/c1-14-4-3-9-30(19(14)13-26-21-17(23)10-16(11-24)12-25-21)22(32)20-18(6-5-15(2)29-20)31-27-7-8-28-31/h5-8,10,12,14,19H,3-4,9,13H2,1-2H3,(H,25,26)/t14-,19-/m1/s1. The molecular weight excluding hydrogens is 411 g/mol. The van der Waals surface area contributed by atoms with E-state index in [9.17, 15) is 9.18 Å². The number of nitriles is 1. The van der Waals surface area contributed by atoms with Crippen molar-refractivity contribution in [2.45, 2.75) is 32.7 Å². The Balaban J connectivity index is 1.60. The molecule has 1 N–H and O–H groups in total. The minimum atomic E-state index is -0.599. The van der Waals surface area contributed by atoms with Gasteiger partial charge in [0.2, 0.25) is 0 Å². The lowest BCUT2D eigenvalue weighted by Crippen LogP contribution is -2.51. The van der Waals surface area contributed by atoms with Crippen molar-refractivity contribution in [1.82, 2.24) is 29.9 Å². The number of aromatic nitrogens is 5. The lowest BCUT2D eigenvalue weighted by atomic mass is 9.90. The predicted molar refractivity (Wildman–Crippen MR) is 115 cm³/mol. The molecule has 1 amide bonds. The van der Waals surface area contributed by atoms with Crippen molar-refractivity contribution in [3.63, 3.8) is 0 Å². The number of pyridine rings is 2. The molecule has 1 fully saturated rings. The third kappa shape index (κ3) is 4.27. The maximum Gasteiger partial charge on any atom is 0.275 e. The molecule has 9 nitrogen and oxygen atoms in total. The smallest absolute Gasteiger partial charge is 0.275 e. The molecule has 1 aliphatic heterocycles. The van der Waals surface area contributed by atoms with Crippen LogP contribution >= 0.6 is 0 Å². The Labute approximate surface area is 184 Å². The fraction of sp³-hybridized carbons (Fsp3) is 0.364. The number of nitrogens with one attached hydrogen (secondary N) is 1. The van der Waals surface area contributed by atoms with Crippen LogP contribution in [0.2, 0.25) is 0 Å². The molecule has 4 heterocycles. The Morgan fingerprint density at radius 2 is 2.12 bits per heavy atom. The van der Waals surface area contributed by atoms with E-state index in [0.717, 1.165) is 18.9 Å². The van der Waals surface area contributed by atoms with Crippen LogP contribution in [0.3, 0.4) is 0 Å². The second kappa shape index (κ2) is 9.09. The Hall–Kier alpha value is -3.87. The van der Waals surface area contributed by atoms with Crippen LogP contribution in [0.15, 0.2) is 36.8 Å². The summed E-state index contributed by atoms with van der Waals surface area (Å²) in [7, 11) is 0. The lowest BCUT2D eigenvalue weighted by molar-refractivity contribution is 0.0533. The zero-order valence-electron chi connectivity index (χ0n) is 17.9. The molecule has 0 aromatic carbocycles. The summed E-state index contributed by atoms with van der Waals surface area (Å²) in [5.41, 5.74) is 1.66. The van der Waals surface area contributed by atoms with Crippen molar-refractivity contribution in [3.8, 4) is 11.8 Å².